The van der Waals surface area contributed by atoms with Crippen LogP contribution < -0.4 is 14.2 Å². The van der Waals surface area contributed by atoms with E-state index in [1.54, 1.807) is 37.3 Å². The number of ether oxygens (including phenoxy) is 3. The van der Waals surface area contributed by atoms with Crippen LogP contribution in [-0.4, -0.2) is 19.0 Å². The second-order valence-corrected chi connectivity index (χ2v) is 8.83. The minimum atomic E-state index is -0.113. The molecule has 4 heteroatoms. The number of ketones is 1. The molecule has 32 heavy (non-hydrogen) atoms. The standard InChI is InChI=1S/C28H36O4/c1-8-18-30-26-17-15-24(28(5,6)7)27(31-19-9-2)23(26)14-16-25(29)21-10-12-22(13-11-21)32-20(3)4/h10-17H,3,8-9,18-19H2,1-2,4-7H3. The maximum Gasteiger partial charge on any atom is 0.185 e. The predicted molar refractivity (Wildman–Crippen MR) is 132 cm³/mol. The number of hydrogen-bond donors (Lipinski definition) is 0. The van der Waals surface area contributed by atoms with Crippen LogP contribution in [0.15, 0.2) is 54.8 Å². The fourth-order valence-corrected chi connectivity index (χ4v) is 3.17. The third-order valence-electron chi connectivity index (χ3n) is 4.71. The van der Waals surface area contributed by atoms with Crippen molar-refractivity contribution in [2.45, 2.75) is 59.8 Å². The van der Waals surface area contributed by atoms with Gasteiger partial charge >= 0.3 is 0 Å². The monoisotopic (exact) mass is 436 g/mol. The van der Waals surface area contributed by atoms with Crippen LogP contribution >= 0.6 is 0 Å². The van der Waals surface area contributed by atoms with Gasteiger partial charge in [-0.05, 0) is 67.7 Å². The molecule has 0 N–H and O–H groups in total. The van der Waals surface area contributed by atoms with Gasteiger partial charge in [-0.1, -0.05) is 47.3 Å². The van der Waals surface area contributed by atoms with E-state index in [1.807, 2.05) is 12.1 Å². The van der Waals surface area contributed by atoms with E-state index in [0.29, 0.717) is 30.3 Å². The van der Waals surface area contributed by atoms with Gasteiger partial charge in [0, 0.05) is 11.1 Å². The van der Waals surface area contributed by atoms with Gasteiger partial charge in [-0.3, -0.25) is 4.79 Å². The Hall–Kier alpha value is -3.01. The van der Waals surface area contributed by atoms with E-state index >= 15 is 0 Å². The largest absolute Gasteiger partial charge is 0.493 e. The quantitative estimate of drug-likeness (QED) is 0.209. The Morgan fingerprint density at radius 3 is 2.16 bits per heavy atom. The van der Waals surface area contributed by atoms with Gasteiger partial charge in [0.25, 0.3) is 0 Å². The first-order valence-corrected chi connectivity index (χ1v) is 11.3. The third-order valence-corrected chi connectivity index (χ3v) is 4.71. The summed E-state index contributed by atoms with van der Waals surface area (Å²) in [5.74, 6) is 2.65. The van der Waals surface area contributed by atoms with Crippen LogP contribution in [-0.2, 0) is 5.41 Å². The molecule has 0 radical (unpaired) electrons. The lowest BCUT2D eigenvalue weighted by molar-refractivity contribution is 0.104. The highest BCUT2D eigenvalue weighted by Gasteiger charge is 2.23. The van der Waals surface area contributed by atoms with Crippen LogP contribution in [0.1, 0.15) is 75.9 Å². The van der Waals surface area contributed by atoms with Crippen molar-refractivity contribution in [3.63, 3.8) is 0 Å². The molecule has 2 aromatic carbocycles. The Labute approximate surface area is 192 Å². The van der Waals surface area contributed by atoms with E-state index in [2.05, 4.69) is 47.3 Å². The molecule has 0 aliphatic heterocycles. The lowest BCUT2D eigenvalue weighted by Crippen LogP contribution is -2.15. The summed E-state index contributed by atoms with van der Waals surface area (Å²) in [6, 6.07) is 11.1. The molecule has 0 amide bonds. The number of carbonyl (C=O) groups excluding carboxylic acids is 1. The van der Waals surface area contributed by atoms with Crippen LogP contribution in [0.2, 0.25) is 0 Å². The Balaban J connectivity index is 2.44. The molecular weight excluding hydrogens is 400 g/mol. The van der Waals surface area contributed by atoms with Crippen molar-refractivity contribution in [2.24, 2.45) is 0 Å². The van der Waals surface area contributed by atoms with Gasteiger partial charge < -0.3 is 14.2 Å². The second kappa shape index (κ2) is 11.6. The number of allylic oxidation sites excluding steroid dienone is 2. The normalized spacial score (nSPS) is 11.4. The van der Waals surface area contributed by atoms with Crippen molar-refractivity contribution in [1.82, 2.24) is 0 Å². The second-order valence-electron chi connectivity index (χ2n) is 8.83. The summed E-state index contributed by atoms with van der Waals surface area (Å²) in [6.45, 7) is 17.3. The molecule has 2 rings (SSSR count). The van der Waals surface area contributed by atoms with E-state index in [9.17, 15) is 4.79 Å². The van der Waals surface area contributed by atoms with Crippen LogP contribution in [0, 0.1) is 0 Å². The minimum Gasteiger partial charge on any atom is -0.493 e. The molecule has 0 aromatic heterocycles. The SMILES string of the molecule is C=C(C)Oc1ccc(C(=O)C=Cc2c(OCCC)ccc(C(C)(C)C)c2OCCC)cc1. The summed E-state index contributed by atoms with van der Waals surface area (Å²) in [6.07, 6.45) is 5.18. The van der Waals surface area contributed by atoms with Gasteiger partial charge in [0.1, 0.15) is 17.2 Å². The van der Waals surface area contributed by atoms with Crippen LogP contribution in [0.4, 0.5) is 0 Å². The van der Waals surface area contributed by atoms with Gasteiger partial charge in [-0.2, -0.15) is 0 Å². The molecule has 0 saturated carbocycles. The number of rotatable bonds is 11. The first kappa shape index (κ1) is 25.3. The van der Waals surface area contributed by atoms with Crippen molar-refractivity contribution in [2.75, 3.05) is 13.2 Å². The molecule has 172 valence electrons. The molecule has 4 nitrogen and oxygen atoms in total. The van der Waals surface area contributed by atoms with E-state index in [4.69, 9.17) is 14.2 Å². The fourth-order valence-electron chi connectivity index (χ4n) is 3.17. The lowest BCUT2D eigenvalue weighted by atomic mass is 9.84. The summed E-state index contributed by atoms with van der Waals surface area (Å²) in [7, 11) is 0. The van der Waals surface area contributed by atoms with Crippen molar-refractivity contribution in [1.29, 1.82) is 0 Å². The Morgan fingerprint density at radius 1 is 0.969 bits per heavy atom. The Bertz CT molecular complexity index is 947. The van der Waals surface area contributed by atoms with Crippen LogP contribution in [0.5, 0.6) is 17.2 Å². The summed E-state index contributed by atoms with van der Waals surface area (Å²) in [5.41, 5.74) is 2.35. The zero-order chi connectivity index (χ0) is 23.7. The number of carbonyl (C=O) groups is 1. The summed E-state index contributed by atoms with van der Waals surface area (Å²) >= 11 is 0. The van der Waals surface area contributed by atoms with E-state index in [1.165, 1.54) is 0 Å². The molecule has 0 spiro atoms. The minimum absolute atomic E-state index is 0.101. The molecule has 0 fully saturated rings. The summed E-state index contributed by atoms with van der Waals surface area (Å²) in [4.78, 5) is 12.9. The molecule has 2 aromatic rings. The molecule has 0 atom stereocenters. The highest BCUT2D eigenvalue weighted by molar-refractivity contribution is 6.07. The molecule has 0 bridgehead atoms. The van der Waals surface area contributed by atoms with E-state index in [-0.39, 0.29) is 11.2 Å². The van der Waals surface area contributed by atoms with Crippen molar-refractivity contribution >= 4 is 11.9 Å². The number of hydrogen-bond acceptors (Lipinski definition) is 4. The molecule has 0 aliphatic rings. The average Bonchev–Trinajstić information content (AvgIpc) is 2.74. The van der Waals surface area contributed by atoms with Gasteiger partial charge in [-0.15, -0.1) is 0 Å². The number of benzene rings is 2. The fraction of sp³-hybridized carbons (Fsp3) is 0.393. The van der Waals surface area contributed by atoms with Gasteiger partial charge in [-0.25, -0.2) is 0 Å². The maximum atomic E-state index is 12.9. The average molecular weight is 437 g/mol. The smallest absolute Gasteiger partial charge is 0.185 e. The van der Waals surface area contributed by atoms with Crippen LogP contribution in [0.3, 0.4) is 0 Å². The van der Waals surface area contributed by atoms with E-state index in [0.717, 1.165) is 35.5 Å². The molecule has 0 saturated heterocycles. The van der Waals surface area contributed by atoms with Crippen molar-refractivity contribution in [3.8, 4) is 17.2 Å². The molecule has 0 unspecified atom stereocenters. The summed E-state index contributed by atoms with van der Waals surface area (Å²) in [5, 5.41) is 0. The maximum absolute atomic E-state index is 12.9. The zero-order valence-corrected chi connectivity index (χ0v) is 20.3. The van der Waals surface area contributed by atoms with Crippen molar-refractivity contribution < 1.29 is 19.0 Å². The summed E-state index contributed by atoms with van der Waals surface area (Å²) < 4.78 is 17.7. The Morgan fingerprint density at radius 2 is 1.59 bits per heavy atom. The van der Waals surface area contributed by atoms with Crippen molar-refractivity contribution in [3.05, 3.63) is 71.5 Å². The van der Waals surface area contributed by atoms with Gasteiger partial charge in [0.15, 0.2) is 5.78 Å². The molecule has 0 aliphatic carbocycles. The highest BCUT2D eigenvalue weighted by Crippen LogP contribution is 2.40. The van der Waals surface area contributed by atoms with Crippen LogP contribution in [0.25, 0.3) is 6.08 Å². The zero-order valence-electron chi connectivity index (χ0n) is 20.3. The van der Waals surface area contributed by atoms with Gasteiger partial charge in [0.05, 0.1) is 24.5 Å². The molecule has 0 heterocycles. The first-order valence-electron chi connectivity index (χ1n) is 11.3. The van der Waals surface area contributed by atoms with E-state index < -0.39 is 0 Å². The third kappa shape index (κ3) is 7.01. The topological polar surface area (TPSA) is 44.8 Å². The predicted octanol–water partition coefficient (Wildman–Crippen LogP) is 7.37. The molecular formula is C28H36O4. The first-order chi connectivity index (χ1) is 15.2. The van der Waals surface area contributed by atoms with Gasteiger partial charge in [0.2, 0.25) is 0 Å². The Kier molecular flexibility index (Phi) is 9.13. The highest BCUT2D eigenvalue weighted by atomic mass is 16.5. The lowest BCUT2D eigenvalue weighted by Gasteiger charge is -2.25.